The molecule has 1 aromatic rings. The van der Waals surface area contributed by atoms with Crippen LogP contribution in [-0.2, 0) is 14.8 Å². The van der Waals surface area contributed by atoms with Crippen LogP contribution >= 0.6 is 11.6 Å². The van der Waals surface area contributed by atoms with Crippen molar-refractivity contribution < 1.29 is 13.2 Å². The highest BCUT2D eigenvalue weighted by atomic mass is 35.5. The van der Waals surface area contributed by atoms with Crippen LogP contribution in [-0.4, -0.2) is 33.2 Å². The van der Waals surface area contributed by atoms with Crippen LogP contribution in [0.3, 0.4) is 0 Å². The average molecular weight is 319 g/mol. The Morgan fingerprint density at radius 3 is 2.55 bits per heavy atom. The predicted octanol–water partition coefficient (Wildman–Crippen LogP) is 1.94. The first-order valence-corrected chi connectivity index (χ1v) is 8.31. The number of aryl methyl sites for hydroxylation is 1. The summed E-state index contributed by atoms with van der Waals surface area (Å²) in [7, 11) is -3.25. The van der Waals surface area contributed by atoms with E-state index in [9.17, 15) is 13.2 Å². The minimum atomic E-state index is -3.25. The van der Waals surface area contributed by atoms with Crippen LogP contribution in [0.4, 0.5) is 5.69 Å². The Kier molecular flexibility index (Phi) is 5.98. The van der Waals surface area contributed by atoms with Crippen molar-refractivity contribution in [1.29, 1.82) is 0 Å². The SMILES string of the molecule is CCS(=O)(=O)NCCN(C(C)=O)c1ccc(Cl)cc1C. The van der Waals surface area contributed by atoms with Crippen LogP contribution in [0.1, 0.15) is 19.4 Å². The molecule has 5 nitrogen and oxygen atoms in total. The Morgan fingerprint density at radius 2 is 2.05 bits per heavy atom. The summed E-state index contributed by atoms with van der Waals surface area (Å²) < 4.78 is 25.2. The smallest absolute Gasteiger partial charge is 0.223 e. The molecule has 0 atom stereocenters. The van der Waals surface area contributed by atoms with Gasteiger partial charge in [-0.3, -0.25) is 4.79 Å². The second-order valence-corrected chi connectivity index (χ2v) is 6.93. The van der Waals surface area contributed by atoms with Crippen molar-refractivity contribution in [2.75, 3.05) is 23.7 Å². The fourth-order valence-corrected chi connectivity index (χ4v) is 2.62. The third kappa shape index (κ3) is 4.77. The van der Waals surface area contributed by atoms with E-state index in [1.54, 1.807) is 25.1 Å². The lowest BCUT2D eigenvalue weighted by molar-refractivity contribution is -0.116. The largest absolute Gasteiger partial charge is 0.311 e. The fraction of sp³-hybridized carbons (Fsp3) is 0.462. The number of anilines is 1. The molecule has 20 heavy (non-hydrogen) atoms. The number of hydrogen-bond acceptors (Lipinski definition) is 3. The number of sulfonamides is 1. The van der Waals surface area contributed by atoms with Gasteiger partial charge in [0.15, 0.2) is 0 Å². The number of halogens is 1. The van der Waals surface area contributed by atoms with Gasteiger partial charge >= 0.3 is 0 Å². The van der Waals surface area contributed by atoms with E-state index in [1.165, 1.54) is 11.8 Å². The molecule has 0 aliphatic rings. The van der Waals surface area contributed by atoms with Gasteiger partial charge in [0.25, 0.3) is 0 Å². The third-order valence-electron chi connectivity index (χ3n) is 2.87. The second-order valence-electron chi connectivity index (χ2n) is 4.40. The molecule has 112 valence electrons. The highest BCUT2D eigenvalue weighted by Crippen LogP contribution is 2.23. The lowest BCUT2D eigenvalue weighted by atomic mass is 10.2. The Labute approximate surface area is 125 Å². The molecule has 7 heteroatoms. The number of rotatable bonds is 6. The Balaban J connectivity index is 2.83. The highest BCUT2D eigenvalue weighted by molar-refractivity contribution is 7.89. The average Bonchev–Trinajstić information content (AvgIpc) is 2.35. The standard InChI is InChI=1S/C13H19ClN2O3S/c1-4-20(18,19)15-7-8-16(11(3)17)13-6-5-12(14)9-10(13)2/h5-6,9,15H,4,7-8H2,1-3H3. The zero-order chi connectivity index (χ0) is 15.3. The molecular formula is C13H19ClN2O3S. The maximum absolute atomic E-state index is 11.7. The van der Waals surface area contributed by atoms with E-state index in [0.717, 1.165) is 11.3 Å². The minimum absolute atomic E-state index is 0.0209. The molecule has 1 amide bonds. The molecule has 0 spiro atoms. The maximum Gasteiger partial charge on any atom is 0.223 e. The zero-order valence-electron chi connectivity index (χ0n) is 11.8. The van der Waals surface area contributed by atoms with Crippen LogP contribution in [0.2, 0.25) is 5.02 Å². The molecule has 0 fully saturated rings. The van der Waals surface area contributed by atoms with Crippen molar-refractivity contribution in [3.63, 3.8) is 0 Å². The van der Waals surface area contributed by atoms with E-state index >= 15 is 0 Å². The van der Waals surface area contributed by atoms with Crippen molar-refractivity contribution in [1.82, 2.24) is 4.72 Å². The van der Waals surface area contributed by atoms with E-state index in [-0.39, 0.29) is 24.7 Å². The zero-order valence-corrected chi connectivity index (χ0v) is 13.4. The van der Waals surface area contributed by atoms with Gasteiger partial charge in [-0.15, -0.1) is 0 Å². The number of nitrogens with zero attached hydrogens (tertiary/aromatic N) is 1. The normalized spacial score (nSPS) is 11.4. The number of amides is 1. The van der Waals surface area contributed by atoms with Crippen LogP contribution in [0.15, 0.2) is 18.2 Å². The molecule has 0 aliphatic carbocycles. The van der Waals surface area contributed by atoms with E-state index in [2.05, 4.69) is 4.72 Å². The summed E-state index contributed by atoms with van der Waals surface area (Å²) in [6.45, 7) is 5.32. The Bertz CT molecular complexity index is 587. The molecule has 1 aromatic carbocycles. The van der Waals surface area contributed by atoms with Crippen LogP contribution in [0.25, 0.3) is 0 Å². The lowest BCUT2D eigenvalue weighted by Gasteiger charge is -2.23. The topological polar surface area (TPSA) is 66.5 Å². The van der Waals surface area contributed by atoms with E-state index in [1.807, 2.05) is 6.92 Å². The van der Waals surface area contributed by atoms with Gasteiger partial charge in [-0.25, -0.2) is 13.1 Å². The lowest BCUT2D eigenvalue weighted by Crippen LogP contribution is -2.38. The van der Waals surface area contributed by atoms with Crippen LogP contribution in [0, 0.1) is 6.92 Å². The highest BCUT2D eigenvalue weighted by Gasteiger charge is 2.15. The Hall–Kier alpha value is -1.11. The monoisotopic (exact) mass is 318 g/mol. The number of carbonyl (C=O) groups excluding carboxylic acids is 1. The summed E-state index contributed by atoms with van der Waals surface area (Å²) in [5.74, 6) is -0.126. The van der Waals surface area contributed by atoms with Gasteiger partial charge in [-0.1, -0.05) is 11.6 Å². The van der Waals surface area contributed by atoms with Crippen molar-refractivity contribution in [3.05, 3.63) is 28.8 Å². The van der Waals surface area contributed by atoms with Gasteiger partial charge in [0.05, 0.1) is 5.75 Å². The van der Waals surface area contributed by atoms with Crippen molar-refractivity contribution in [2.45, 2.75) is 20.8 Å². The number of hydrogen-bond donors (Lipinski definition) is 1. The molecular weight excluding hydrogens is 300 g/mol. The molecule has 1 rings (SSSR count). The van der Waals surface area contributed by atoms with E-state index < -0.39 is 10.0 Å². The van der Waals surface area contributed by atoms with Gasteiger partial charge in [-0.05, 0) is 37.6 Å². The Morgan fingerprint density at radius 1 is 1.40 bits per heavy atom. The molecule has 0 aliphatic heterocycles. The summed E-state index contributed by atoms with van der Waals surface area (Å²) in [4.78, 5) is 13.3. The fourth-order valence-electron chi connectivity index (χ4n) is 1.78. The van der Waals surface area contributed by atoms with Crippen molar-refractivity contribution >= 4 is 33.2 Å². The summed E-state index contributed by atoms with van der Waals surface area (Å²) in [5.41, 5.74) is 1.60. The first kappa shape index (κ1) is 16.9. The number of benzene rings is 1. The minimum Gasteiger partial charge on any atom is -0.311 e. The molecule has 0 heterocycles. The second kappa shape index (κ2) is 7.06. The molecule has 0 saturated carbocycles. The summed E-state index contributed by atoms with van der Waals surface area (Å²) in [5, 5.41) is 0.599. The molecule has 0 radical (unpaired) electrons. The molecule has 0 unspecified atom stereocenters. The third-order valence-corrected chi connectivity index (χ3v) is 4.51. The molecule has 0 bridgehead atoms. The summed E-state index contributed by atoms with van der Waals surface area (Å²) >= 11 is 5.89. The van der Waals surface area contributed by atoms with E-state index in [4.69, 9.17) is 11.6 Å². The van der Waals surface area contributed by atoms with Crippen LogP contribution < -0.4 is 9.62 Å². The number of nitrogens with one attached hydrogen (secondary N) is 1. The van der Waals surface area contributed by atoms with Gasteiger partial charge < -0.3 is 4.90 Å². The van der Waals surface area contributed by atoms with Crippen molar-refractivity contribution in [2.24, 2.45) is 0 Å². The number of carbonyl (C=O) groups is 1. The molecule has 0 saturated heterocycles. The maximum atomic E-state index is 11.7. The van der Waals surface area contributed by atoms with Gasteiger partial charge in [0.2, 0.25) is 15.9 Å². The first-order valence-electron chi connectivity index (χ1n) is 6.28. The first-order chi connectivity index (χ1) is 9.26. The summed E-state index contributed by atoms with van der Waals surface area (Å²) in [6.07, 6.45) is 0. The predicted molar refractivity (Wildman–Crippen MR) is 81.7 cm³/mol. The van der Waals surface area contributed by atoms with Crippen molar-refractivity contribution in [3.8, 4) is 0 Å². The van der Waals surface area contributed by atoms with Gasteiger partial charge in [-0.2, -0.15) is 0 Å². The van der Waals surface area contributed by atoms with Gasteiger partial charge in [0.1, 0.15) is 0 Å². The quantitative estimate of drug-likeness (QED) is 0.871. The summed E-state index contributed by atoms with van der Waals surface area (Å²) in [6, 6.07) is 5.23. The van der Waals surface area contributed by atoms with Crippen LogP contribution in [0.5, 0.6) is 0 Å². The molecule has 0 aromatic heterocycles. The van der Waals surface area contributed by atoms with Gasteiger partial charge in [0, 0.05) is 30.7 Å². The molecule has 1 N–H and O–H groups in total. The van der Waals surface area contributed by atoms with E-state index in [0.29, 0.717) is 5.02 Å².